The number of hydrogen-bond acceptors (Lipinski definition) is 4. The quantitative estimate of drug-likeness (QED) is 0.585. The van der Waals surface area contributed by atoms with Crippen LogP contribution >= 0.6 is 0 Å². The summed E-state index contributed by atoms with van der Waals surface area (Å²) < 4.78 is 29.5. The van der Waals surface area contributed by atoms with Crippen LogP contribution in [-0.4, -0.2) is 45.1 Å². The maximum absolute atomic E-state index is 11.0. The van der Waals surface area contributed by atoms with Crippen LogP contribution in [0.25, 0.3) is 0 Å². The van der Waals surface area contributed by atoms with Gasteiger partial charge in [-0.1, -0.05) is 0 Å². The molecule has 0 aromatic rings. The first-order valence-corrected chi connectivity index (χ1v) is 5.87. The molecule has 13 heavy (non-hydrogen) atoms. The number of hydrogen-bond donors (Lipinski definition) is 2. The zero-order valence-corrected chi connectivity index (χ0v) is 8.80. The van der Waals surface area contributed by atoms with Crippen LogP contribution in [0.5, 0.6) is 0 Å². The lowest BCUT2D eigenvalue weighted by molar-refractivity contribution is 0.0799. The summed E-state index contributed by atoms with van der Waals surface area (Å²) in [5.41, 5.74) is 0. The van der Waals surface area contributed by atoms with E-state index in [1.807, 2.05) is 6.92 Å². The van der Waals surface area contributed by atoms with E-state index < -0.39 is 10.0 Å². The van der Waals surface area contributed by atoms with Crippen molar-refractivity contribution in [1.82, 2.24) is 4.72 Å². The summed E-state index contributed by atoms with van der Waals surface area (Å²) in [4.78, 5) is 0. The van der Waals surface area contributed by atoms with E-state index in [4.69, 9.17) is 9.84 Å². The lowest BCUT2D eigenvalue weighted by atomic mass is 10.4. The lowest BCUT2D eigenvalue weighted by Crippen LogP contribution is -2.34. The van der Waals surface area contributed by atoms with Crippen LogP contribution in [0.4, 0.5) is 0 Å². The number of aliphatic hydroxyl groups is 1. The minimum atomic E-state index is -3.33. The van der Waals surface area contributed by atoms with Crippen LogP contribution in [0.3, 0.4) is 0 Å². The van der Waals surface area contributed by atoms with Crippen molar-refractivity contribution in [2.24, 2.45) is 0 Å². The number of sulfonamides is 1. The smallest absolute Gasteiger partial charge is 0.213 e. The Morgan fingerprint density at radius 2 is 2.15 bits per heavy atom. The van der Waals surface area contributed by atoms with Crippen molar-refractivity contribution in [2.45, 2.75) is 20.0 Å². The van der Waals surface area contributed by atoms with Gasteiger partial charge in [0.15, 0.2) is 0 Å². The summed E-state index contributed by atoms with van der Waals surface area (Å²) in [7, 11) is -3.33. The maximum Gasteiger partial charge on any atom is 0.213 e. The molecule has 0 heterocycles. The highest BCUT2D eigenvalue weighted by Crippen LogP contribution is 1.90. The zero-order valence-electron chi connectivity index (χ0n) is 7.99. The predicted molar refractivity (Wildman–Crippen MR) is 50.0 cm³/mol. The molecule has 0 spiro atoms. The number of ether oxygens (including phenoxy) is 1. The molecule has 80 valence electrons. The Balaban J connectivity index is 3.74. The van der Waals surface area contributed by atoms with Crippen molar-refractivity contribution in [1.29, 1.82) is 0 Å². The third kappa shape index (κ3) is 6.94. The van der Waals surface area contributed by atoms with Crippen molar-refractivity contribution in [3.05, 3.63) is 0 Å². The Bertz CT molecular complexity index is 215. The average molecular weight is 211 g/mol. The summed E-state index contributed by atoms with van der Waals surface area (Å²) in [5.74, 6) is -0.258. The van der Waals surface area contributed by atoms with Crippen LogP contribution in [0.2, 0.25) is 0 Å². The average Bonchev–Trinajstić information content (AvgIpc) is 2.02. The molecule has 1 unspecified atom stereocenters. The second-order valence-corrected chi connectivity index (χ2v) is 4.58. The highest BCUT2D eigenvalue weighted by molar-refractivity contribution is 7.89. The lowest BCUT2D eigenvalue weighted by Gasteiger charge is -2.12. The highest BCUT2D eigenvalue weighted by atomic mass is 32.2. The van der Waals surface area contributed by atoms with Crippen molar-refractivity contribution in [2.75, 3.05) is 25.5 Å². The van der Waals surface area contributed by atoms with Crippen LogP contribution < -0.4 is 4.72 Å². The van der Waals surface area contributed by atoms with E-state index in [1.54, 1.807) is 6.92 Å². The molecule has 0 amide bonds. The van der Waals surface area contributed by atoms with Crippen LogP contribution in [0.15, 0.2) is 0 Å². The van der Waals surface area contributed by atoms with Crippen LogP contribution in [0, 0.1) is 0 Å². The molecule has 0 fully saturated rings. The zero-order chi connectivity index (χ0) is 10.3. The molecule has 6 heteroatoms. The van der Waals surface area contributed by atoms with E-state index in [-0.39, 0.29) is 25.0 Å². The molecule has 0 aliphatic carbocycles. The van der Waals surface area contributed by atoms with Gasteiger partial charge in [-0.3, -0.25) is 0 Å². The largest absolute Gasteiger partial charge is 0.395 e. The third-order valence-electron chi connectivity index (χ3n) is 1.40. The minimum absolute atomic E-state index is 0.140. The van der Waals surface area contributed by atoms with Crippen molar-refractivity contribution >= 4 is 10.0 Å². The fourth-order valence-electron chi connectivity index (χ4n) is 0.780. The summed E-state index contributed by atoms with van der Waals surface area (Å²) in [5, 5.41) is 8.42. The Morgan fingerprint density at radius 1 is 1.54 bits per heavy atom. The van der Waals surface area contributed by atoms with E-state index in [1.165, 1.54) is 0 Å². The second kappa shape index (κ2) is 6.31. The molecule has 5 nitrogen and oxygen atoms in total. The molecule has 0 aromatic heterocycles. The van der Waals surface area contributed by atoms with Gasteiger partial charge in [-0.15, -0.1) is 0 Å². The predicted octanol–water partition coefficient (Wildman–Crippen LogP) is -0.677. The van der Waals surface area contributed by atoms with Gasteiger partial charge >= 0.3 is 0 Å². The molecule has 0 aliphatic heterocycles. The summed E-state index contributed by atoms with van der Waals surface area (Å²) in [6.45, 7) is 4.07. The van der Waals surface area contributed by atoms with Gasteiger partial charge < -0.3 is 9.84 Å². The Hall–Kier alpha value is -0.170. The van der Waals surface area contributed by atoms with Gasteiger partial charge in [0.05, 0.1) is 18.5 Å². The first-order chi connectivity index (χ1) is 6.02. The first-order valence-electron chi connectivity index (χ1n) is 4.21. The van der Waals surface area contributed by atoms with E-state index in [9.17, 15) is 8.42 Å². The fourth-order valence-corrected chi connectivity index (χ4v) is 1.65. The monoisotopic (exact) mass is 211 g/mol. The van der Waals surface area contributed by atoms with Gasteiger partial charge in [-0.05, 0) is 13.8 Å². The van der Waals surface area contributed by atoms with Crippen molar-refractivity contribution in [3.63, 3.8) is 0 Å². The van der Waals surface area contributed by atoms with Gasteiger partial charge in [0.2, 0.25) is 10.0 Å². The Morgan fingerprint density at radius 3 is 2.62 bits per heavy atom. The normalized spacial score (nSPS) is 14.4. The molecule has 0 saturated heterocycles. The maximum atomic E-state index is 11.0. The van der Waals surface area contributed by atoms with Crippen LogP contribution in [-0.2, 0) is 14.8 Å². The fraction of sp³-hybridized carbons (Fsp3) is 1.00. The van der Waals surface area contributed by atoms with Gasteiger partial charge in [-0.25, -0.2) is 13.1 Å². The van der Waals surface area contributed by atoms with Crippen molar-refractivity contribution < 1.29 is 18.3 Å². The summed E-state index contributed by atoms with van der Waals surface area (Å²) in [6.07, 6.45) is -0.140. The summed E-state index contributed by atoms with van der Waals surface area (Å²) >= 11 is 0. The molecule has 0 saturated carbocycles. The van der Waals surface area contributed by atoms with E-state index >= 15 is 0 Å². The molecule has 1 atom stereocenters. The number of aliphatic hydroxyl groups excluding tert-OH is 1. The van der Waals surface area contributed by atoms with Crippen LogP contribution in [0.1, 0.15) is 13.8 Å². The molecule has 0 bridgehead atoms. The Kier molecular flexibility index (Phi) is 6.23. The number of rotatable bonds is 7. The van der Waals surface area contributed by atoms with Gasteiger partial charge in [0.1, 0.15) is 0 Å². The standard InChI is InChI=1S/C7H17NO4S/c1-3-12-7(2)6-8-13(10,11)5-4-9/h7-9H,3-6H2,1-2H3. The molecule has 0 aliphatic rings. The molecule has 0 aromatic carbocycles. The number of nitrogens with one attached hydrogen (secondary N) is 1. The Labute approximate surface area is 79.1 Å². The van der Waals surface area contributed by atoms with Gasteiger partial charge in [-0.2, -0.15) is 0 Å². The first kappa shape index (κ1) is 12.8. The molecule has 0 radical (unpaired) electrons. The second-order valence-electron chi connectivity index (χ2n) is 2.66. The SMILES string of the molecule is CCOC(C)CNS(=O)(=O)CCO. The molecular formula is C7H17NO4S. The van der Waals surface area contributed by atoms with Gasteiger partial charge in [0.25, 0.3) is 0 Å². The van der Waals surface area contributed by atoms with E-state index in [2.05, 4.69) is 4.72 Å². The van der Waals surface area contributed by atoms with E-state index in [0.29, 0.717) is 6.61 Å². The molecule has 2 N–H and O–H groups in total. The van der Waals surface area contributed by atoms with Gasteiger partial charge in [0, 0.05) is 13.2 Å². The third-order valence-corrected chi connectivity index (χ3v) is 2.73. The molecule has 0 rings (SSSR count). The van der Waals surface area contributed by atoms with E-state index in [0.717, 1.165) is 0 Å². The summed E-state index contributed by atoms with van der Waals surface area (Å²) in [6, 6.07) is 0. The molecular weight excluding hydrogens is 194 g/mol. The van der Waals surface area contributed by atoms with Crippen molar-refractivity contribution in [3.8, 4) is 0 Å². The minimum Gasteiger partial charge on any atom is -0.395 e. The highest BCUT2D eigenvalue weighted by Gasteiger charge is 2.10. The topological polar surface area (TPSA) is 75.6 Å².